The maximum Gasteiger partial charge on any atom is 0.273 e. The van der Waals surface area contributed by atoms with Crippen molar-refractivity contribution in [3.63, 3.8) is 0 Å². The number of nitrogens with zero attached hydrogens (tertiary/aromatic N) is 2. The van der Waals surface area contributed by atoms with Crippen LogP contribution in [0.1, 0.15) is 16.1 Å². The van der Waals surface area contributed by atoms with Crippen molar-refractivity contribution in [2.45, 2.75) is 6.92 Å². The SMILES string of the molecule is Cc1ccc(-c2nc(C(=O)N(C)CC(N)=O)cs2)cc1. The second-order valence-corrected chi connectivity index (χ2v) is 5.39. The molecule has 2 aromatic rings. The van der Waals surface area contributed by atoms with Crippen LogP contribution in [0.25, 0.3) is 10.6 Å². The van der Waals surface area contributed by atoms with E-state index in [-0.39, 0.29) is 12.5 Å². The molecular formula is C14H15N3O2S. The highest BCUT2D eigenvalue weighted by Gasteiger charge is 2.17. The summed E-state index contributed by atoms with van der Waals surface area (Å²) < 4.78 is 0. The van der Waals surface area contributed by atoms with Gasteiger partial charge in [0, 0.05) is 18.0 Å². The van der Waals surface area contributed by atoms with E-state index in [4.69, 9.17) is 5.73 Å². The van der Waals surface area contributed by atoms with Crippen LogP contribution in [0.3, 0.4) is 0 Å². The zero-order chi connectivity index (χ0) is 14.7. The van der Waals surface area contributed by atoms with Crippen molar-refractivity contribution in [3.05, 3.63) is 40.9 Å². The third kappa shape index (κ3) is 3.21. The Morgan fingerprint density at radius 2 is 1.95 bits per heavy atom. The molecule has 0 spiro atoms. The molecule has 2 rings (SSSR count). The van der Waals surface area contributed by atoms with Crippen LogP contribution < -0.4 is 5.73 Å². The number of likely N-dealkylation sites (N-methyl/N-ethyl adjacent to an activating group) is 1. The molecule has 0 fully saturated rings. The van der Waals surface area contributed by atoms with Crippen LogP contribution >= 0.6 is 11.3 Å². The summed E-state index contributed by atoms with van der Waals surface area (Å²) in [6, 6.07) is 7.93. The van der Waals surface area contributed by atoms with E-state index in [2.05, 4.69) is 4.98 Å². The Balaban J connectivity index is 2.18. The molecule has 0 radical (unpaired) electrons. The highest BCUT2D eigenvalue weighted by molar-refractivity contribution is 7.13. The maximum absolute atomic E-state index is 12.0. The quantitative estimate of drug-likeness (QED) is 0.930. The molecule has 104 valence electrons. The summed E-state index contributed by atoms with van der Waals surface area (Å²) in [5, 5.41) is 2.47. The van der Waals surface area contributed by atoms with Gasteiger partial charge in [-0.05, 0) is 6.92 Å². The number of hydrogen-bond acceptors (Lipinski definition) is 4. The van der Waals surface area contributed by atoms with Gasteiger partial charge in [-0.2, -0.15) is 0 Å². The van der Waals surface area contributed by atoms with Gasteiger partial charge in [0.1, 0.15) is 10.7 Å². The molecule has 0 unspecified atom stereocenters. The predicted octanol–water partition coefficient (Wildman–Crippen LogP) is 1.68. The third-order valence-corrected chi connectivity index (χ3v) is 3.65. The lowest BCUT2D eigenvalue weighted by atomic mass is 10.2. The smallest absolute Gasteiger partial charge is 0.273 e. The highest BCUT2D eigenvalue weighted by Crippen LogP contribution is 2.24. The molecule has 1 heterocycles. The van der Waals surface area contributed by atoms with Crippen molar-refractivity contribution >= 4 is 23.2 Å². The summed E-state index contributed by atoms with van der Waals surface area (Å²) in [6.07, 6.45) is 0. The number of hydrogen-bond donors (Lipinski definition) is 1. The molecule has 2 amide bonds. The summed E-state index contributed by atoms with van der Waals surface area (Å²) in [5.74, 6) is -0.853. The van der Waals surface area contributed by atoms with Gasteiger partial charge in [-0.1, -0.05) is 29.8 Å². The number of carbonyl (C=O) groups is 2. The van der Waals surface area contributed by atoms with Crippen LogP contribution in [0.4, 0.5) is 0 Å². The van der Waals surface area contributed by atoms with Gasteiger partial charge in [0.25, 0.3) is 5.91 Å². The maximum atomic E-state index is 12.0. The Bertz CT molecular complexity index is 634. The van der Waals surface area contributed by atoms with Gasteiger partial charge < -0.3 is 10.6 Å². The van der Waals surface area contributed by atoms with E-state index in [1.54, 1.807) is 5.38 Å². The van der Waals surface area contributed by atoms with E-state index in [0.29, 0.717) is 5.69 Å². The van der Waals surface area contributed by atoms with Gasteiger partial charge in [-0.25, -0.2) is 4.98 Å². The molecule has 20 heavy (non-hydrogen) atoms. The summed E-state index contributed by atoms with van der Waals surface area (Å²) in [7, 11) is 1.53. The fourth-order valence-electron chi connectivity index (χ4n) is 1.70. The van der Waals surface area contributed by atoms with Crippen molar-refractivity contribution in [2.75, 3.05) is 13.6 Å². The van der Waals surface area contributed by atoms with E-state index in [9.17, 15) is 9.59 Å². The van der Waals surface area contributed by atoms with Crippen LogP contribution in [0.2, 0.25) is 0 Å². The molecule has 5 nitrogen and oxygen atoms in total. The number of benzene rings is 1. The van der Waals surface area contributed by atoms with Crippen molar-refractivity contribution in [1.29, 1.82) is 0 Å². The summed E-state index contributed by atoms with van der Waals surface area (Å²) in [5.41, 5.74) is 7.54. The lowest BCUT2D eigenvalue weighted by Gasteiger charge is -2.12. The zero-order valence-corrected chi connectivity index (χ0v) is 12.1. The second kappa shape index (κ2) is 5.83. The number of nitrogens with two attached hydrogens (primary N) is 1. The predicted molar refractivity (Wildman–Crippen MR) is 78.4 cm³/mol. The number of carbonyl (C=O) groups excluding carboxylic acids is 2. The lowest BCUT2D eigenvalue weighted by Crippen LogP contribution is -2.35. The number of amides is 2. The molecule has 6 heteroatoms. The number of aromatic nitrogens is 1. The molecule has 0 bridgehead atoms. The van der Waals surface area contributed by atoms with Crippen LogP contribution in [0.15, 0.2) is 29.6 Å². The van der Waals surface area contributed by atoms with Crippen LogP contribution in [-0.2, 0) is 4.79 Å². The molecule has 0 atom stereocenters. The minimum atomic E-state index is -0.546. The van der Waals surface area contributed by atoms with E-state index in [0.717, 1.165) is 10.6 Å². The zero-order valence-electron chi connectivity index (χ0n) is 11.3. The Kier molecular flexibility index (Phi) is 4.14. The van der Waals surface area contributed by atoms with Crippen LogP contribution in [0.5, 0.6) is 0 Å². The second-order valence-electron chi connectivity index (χ2n) is 4.53. The summed E-state index contributed by atoms with van der Waals surface area (Å²) in [4.78, 5) is 28.4. The number of thiazole rings is 1. The van der Waals surface area contributed by atoms with Crippen molar-refractivity contribution in [2.24, 2.45) is 5.73 Å². The average molecular weight is 289 g/mol. The fraction of sp³-hybridized carbons (Fsp3) is 0.214. The normalized spacial score (nSPS) is 10.3. The van der Waals surface area contributed by atoms with E-state index < -0.39 is 5.91 Å². The monoisotopic (exact) mass is 289 g/mol. The molecule has 0 saturated carbocycles. The topological polar surface area (TPSA) is 76.3 Å². The number of primary amides is 1. The van der Waals surface area contributed by atoms with Crippen LogP contribution in [-0.4, -0.2) is 35.3 Å². The third-order valence-electron chi connectivity index (χ3n) is 2.76. The fourth-order valence-corrected chi connectivity index (χ4v) is 2.50. The molecule has 2 N–H and O–H groups in total. The summed E-state index contributed by atoms with van der Waals surface area (Å²) >= 11 is 1.40. The van der Waals surface area contributed by atoms with E-state index in [1.807, 2.05) is 31.2 Å². The largest absolute Gasteiger partial charge is 0.368 e. The van der Waals surface area contributed by atoms with Crippen molar-refractivity contribution in [3.8, 4) is 10.6 Å². The summed E-state index contributed by atoms with van der Waals surface area (Å²) in [6.45, 7) is 1.90. The van der Waals surface area contributed by atoms with Gasteiger partial charge in [0.15, 0.2) is 0 Å². The molecular weight excluding hydrogens is 274 g/mol. The Morgan fingerprint density at radius 3 is 2.55 bits per heavy atom. The van der Waals surface area contributed by atoms with Gasteiger partial charge in [0.2, 0.25) is 5.91 Å². The first-order valence-corrected chi connectivity index (χ1v) is 6.91. The lowest BCUT2D eigenvalue weighted by molar-refractivity contribution is -0.118. The van der Waals surface area contributed by atoms with Gasteiger partial charge in [0.05, 0.1) is 6.54 Å². The molecule has 0 aliphatic carbocycles. The number of rotatable bonds is 4. The first kappa shape index (κ1) is 14.2. The van der Waals surface area contributed by atoms with Gasteiger partial charge in [-0.3, -0.25) is 9.59 Å². The Labute approximate surface area is 121 Å². The Hall–Kier alpha value is -2.21. The molecule has 0 aliphatic rings. The first-order chi connectivity index (χ1) is 9.47. The minimum absolute atomic E-state index is 0.115. The molecule has 0 saturated heterocycles. The highest BCUT2D eigenvalue weighted by atomic mass is 32.1. The Morgan fingerprint density at radius 1 is 1.30 bits per heavy atom. The van der Waals surface area contributed by atoms with Gasteiger partial charge in [-0.15, -0.1) is 11.3 Å². The van der Waals surface area contributed by atoms with E-state index in [1.165, 1.54) is 28.8 Å². The minimum Gasteiger partial charge on any atom is -0.368 e. The van der Waals surface area contributed by atoms with Crippen molar-refractivity contribution in [1.82, 2.24) is 9.88 Å². The van der Waals surface area contributed by atoms with Gasteiger partial charge >= 0.3 is 0 Å². The molecule has 1 aromatic heterocycles. The molecule has 0 aliphatic heterocycles. The van der Waals surface area contributed by atoms with Crippen LogP contribution in [0, 0.1) is 6.92 Å². The van der Waals surface area contributed by atoms with Crippen molar-refractivity contribution < 1.29 is 9.59 Å². The first-order valence-electron chi connectivity index (χ1n) is 6.03. The molecule has 1 aromatic carbocycles. The standard InChI is InChI=1S/C14H15N3O2S/c1-9-3-5-10(6-4-9)13-16-11(8-20-13)14(19)17(2)7-12(15)18/h3-6,8H,7H2,1-2H3,(H2,15,18). The number of aryl methyl sites for hydroxylation is 1. The average Bonchev–Trinajstić information content (AvgIpc) is 2.87. The van der Waals surface area contributed by atoms with E-state index >= 15 is 0 Å².